The van der Waals surface area contributed by atoms with E-state index in [0.29, 0.717) is 78.4 Å². The van der Waals surface area contributed by atoms with Gasteiger partial charge in [0, 0.05) is 11.6 Å². The second-order valence-corrected chi connectivity index (χ2v) is 12.0. The van der Waals surface area contributed by atoms with Crippen LogP contribution in [-0.4, -0.2) is 61.9 Å². The molecule has 1 aromatic heterocycles. The summed E-state index contributed by atoms with van der Waals surface area (Å²) in [5.74, 6) is 0.228. The number of carbonyl (C=O) groups excluding carboxylic acids is 2. The number of methoxy groups -OCH3 is 2. The van der Waals surface area contributed by atoms with Crippen LogP contribution in [0.3, 0.4) is 0 Å². The number of hydrogen-bond donors (Lipinski definition) is 2. The van der Waals surface area contributed by atoms with Gasteiger partial charge in [-0.1, -0.05) is 11.3 Å². The zero-order chi connectivity index (χ0) is 26.9. The lowest BCUT2D eigenvalue weighted by molar-refractivity contribution is -0.102. The molecule has 3 aromatic rings. The number of aromatic nitrogens is 1. The minimum absolute atomic E-state index is 0.283. The van der Waals surface area contributed by atoms with E-state index < -0.39 is 5.91 Å². The van der Waals surface area contributed by atoms with Crippen molar-refractivity contribution in [3.8, 4) is 17.6 Å². The summed E-state index contributed by atoms with van der Waals surface area (Å²) in [6.07, 6.45) is 3.08. The fourth-order valence-electron chi connectivity index (χ4n) is 6.59. The number of nitriles is 1. The predicted molar refractivity (Wildman–Crippen MR) is 145 cm³/mol. The number of amides is 2. The smallest absolute Gasteiger partial charge is 0.260 e. The van der Waals surface area contributed by atoms with Gasteiger partial charge in [0.05, 0.1) is 72.5 Å². The number of nitrogens with one attached hydrogen (secondary N) is 2. The van der Waals surface area contributed by atoms with Crippen molar-refractivity contribution in [1.29, 1.82) is 5.26 Å². The van der Waals surface area contributed by atoms with Crippen molar-refractivity contribution < 1.29 is 23.8 Å². The molecule has 10 nitrogen and oxygen atoms in total. The van der Waals surface area contributed by atoms with Gasteiger partial charge in [-0.2, -0.15) is 5.26 Å². The highest BCUT2D eigenvalue weighted by atomic mass is 32.1. The molecule has 2 N–H and O–H groups in total. The number of anilines is 2. The largest absolute Gasteiger partial charge is 0.497 e. The number of ether oxygens (including phenoxy) is 3. The first kappa shape index (κ1) is 24.2. The molecule has 3 saturated carbocycles. The van der Waals surface area contributed by atoms with Gasteiger partial charge in [-0.05, 0) is 49.9 Å². The molecule has 5 aliphatic rings. The highest BCUT2D eigenvalue weighted by Crippen LogP contribution is 2.66. The van der Waals surface area contributed by atoms with Crippen LogP contribution in [0.1, 0.15) is 46.4 Å². The fraction of sp³-hybridized carbons (Fsp3) is 0.429. The summed E-state index contributed by atoms with van der Waals surface area (Å²) in [5.41, 5.74) is 1.12. The Kier molecular flexibility index (Phi) is 5.31. The highest BCUT2D eigenvalue weighted by molar-refractivity contribution is 7.22. The lowest BCUT2D eigenvalue weighted by Crippen LogP contribution is -2.74. The number of thiazole rings is 1. The van der Waals surface area contributed by atoms with Gasteiger partial charge in [-0.25, -0.2) is 4.98 Å². The van der Waals surface area contributed by atoms with E-state index >= 15 is 0 Å². The molecule has 2 saturated heterocycles. The van der Waals surface area contributed by atoms with Gasteiger partial charge < -0.3 is 29.7 Å². The average molecular weight is 546 g/mol. The molecule has 2 aromatic carbocycles. The summed E-state index contributed by atoms with van der Waals surface area (Å²) < 4.78 is 17.3. The number of hydrogen-bond acceptors (Lipinski definition) is 9. The number of carbonyl (C=O) groups is 2. The topological polar surface area (TPSA) is 126 Å². The zero-order valence-corrected chi connectivity index (χ0v) is 22.4. The number of fused-ring (bicyclic) bond motifs is 3. The van der Waals surface area contributed by atoms with Gasteiger partial charge in [0.25, 0.3) is 11.8 Å². The molecule has 2 atom stereocenters. The Bertz CT molecular complexity index is 1540. The Labute approximate surface area is 228 Å². The first-order valence-electron chi connectivity index (χ1n) is 12.9. The predicted octanol–water partition coefficient (Wildman–Crippen LogP) is 3.72. The normalized spacial score (nSPS) is 27.9. The van der Waals surface area contributed by atoms with Crippen LogP contribution in [0.4, 0.5) is 10.8 Å². The standard InChI is InChI=1S/C28H27N5O5S/c1-36-17-3-4-18(24(34)32-28-11-27(12-28,13-28)14-29)20(8-17)30-25(35)22-21(37-2)6-5-19-23(22)39-26(31-19)33-15-7-16(33)10-38-9-15/h3-6,8,15-16H,7,9-13H2,1-2H3,(H,30,35)(H,32,34). The van der Waals surface area contributed by atoms with Crippen molar-refractivity contribution >= 4 is 44.2 Å². The Hall–Kier alpha value is -3.88. The van der Waals surface area contributed by atoms with Crippen LogP contribution in [0, 0.1) is 16.7 Å². The SMILES string of the molecule is COc1ccc(C(=O)NC23CC(C#N)(C2)C3)c(NC(=O)c2c(OC)ccc3nc(N4C5COCC4C5)sc23)c1. The van der Waals surface area contributed by atoms with E-state index in [1.54, 1.807) is 24.3 Å². The van der Waals surface area contributed by atoms with Gasteiger partial charge in [-0.15, -0.1) is 0 Å². The molecule has 3 heterocycles. The van der Waals surface area contributed by atoms with Gasteiger partial charge in [0.1, 0.15) is 17.1 Å². The average Bonchev–Trinajstić information content (AvgIpc) is 3.32. The van der Waals surface area contributed by atoms with E-state index in [1.165, 1.54) is 25.6 Å². The molecule has 2 aliphatic heterocycles. The third-order valence-electron chi connectivity index (χ3n) is 8.49. The Morgan fingerprint density at radius 2 is 1.90 bits per heavy atom. The molecular formula is C28H27N5O5S. The Morgan fingerprint density at radius 3 is 2.56 bits per heavy atom. The van der Waals surface area contributed by atoms with Crippen LogP contribution in [0.15, 0.2) is 30.3 Å². The lowest BCUT2D eigenvalue weighted by atomic mass is 9.40. The maximum Gasteiger partial charge on any atom is 0.260 e. The van der Waals surface area contributed by atoms with Crippen LogP contribution in [0.5, 0.6) is 11.5 Å². The summed E-state index contributed by atoms with van der Waals surface area (Å²) >= 11 is 1.46. The maximum absolute atomic E-state index is 13.8. The first-order chi connectivity index (χ1) is 18.9. The quantitative estimate of drug-likeness (QED) is 0.460. The van der Waals surface area contributed by atoms with Crippen molar-refractivity contribution in [3.63, 3.8) is 0 Å². The summed E-state index contributed by atoms with van der Waals surface area (Å²) in [7, 11) is 3.06. The van der Waals surface area contributed by atoms with Crippen molar-refractivity contribution in [3.05, 3.63) is 41.5 Å². The van der Waals surface area contributed by atoms with E-state index in [-0.39, 0.29) is 16.9 Å². The molecule has 5 fully saturated rings. The molecule has 3 aliphatic carbocycles. The van der Waals surface area contributed by atoms with Gasteiger partial charge in [0.15, 0.2) is 5.13 Å². The van der Waals surface area contributed by atoms with Crippen LogP contribution in [-0.2, 0) is 4.74 Å². The molecule has 11 heteroatoms. The molecule has 2 unspecified atom stereocenters. The maximum atomic E-state index is 13.8. The Balaban J connectivity index is 1.20. The van der Waals surface area contributed by atoms with E-state index in [9.17, 15) is 14.9 Å². The molecule has 2 amide bonds. The van der Waals surface area contributed by atoms with Crippen LogP contribution >= 0.6 is 11.3 Å². The lowest BCUT2D eigenvalue weighted by Gasteiger charge is -2.66. The molecule has 0 radical (unpaired) electrons. The number of morpholine rings is 1. The van der Waals surface area contributed by atoms with Crippen molar-refractivity contribution in [1.82, 2.24) is 10.3 Å². The van der Waals surface area contributed by atoms with Gasteiger partial charge >= 0.3 is 0 Å². The highest BCUT2D eigenvalue weighted by Gasteiger charge is 2.69. The minimum atomic E-state index is -0.406. The fourth-order valence-corrected chi connectivity index (χ4v) is 7.84. The van der Waals surface area contributed by atoms with Gasteiger partial charge in [0.2, 0.25) is 0 Å². The van der Waals surface area contributed by atoms with Crippen molar-refractivity contribution in [2.24, 2.45) is 5.41 Å². The summed E-state index contributed by atoms with van der Waals surface area (Å²) in [6, 6.07) is 11.5. The van der Waals surface area contributed by atoms with Crippen molar-refractivity contribution in [2.45, 2.75) is 43.3 Å². The van der Waals surface area contributed by atoms with E-state index in [4.69, 9.17) is 19.2 Å². The third kappa shape index (κ3) is 3.66. The van der Waals surface area contributed by atoms with Gasteiger partial charge in [-0.3, -0.25) is 9.59 Å². The first-order valence-corrected chi connectivity index (χ1v) is 13.7. The Morgan fingerprint density at radius 1 is 1.13 bits per heavy atom. The van der Waals surface area contributed by atoms with Crippen LogP contribution in [0.25, 0.3) is 10.2 Å². The number of benzene rings is 2. The van der Waals surface area contributed by atoms with E-state index in [0.717, 1.165) is 16.3 Å². The van der Waals surface area contributed by atoms with Crippen molar-refractivity contribution in [2.75, 3.05) is 37.7 Å². The molecule has 0 spiro atoms. The number of rotatable bonds is 7. The van der Waals surface area contributed by atoms with E-state index in [2.05, 4.69) is 21.6 Å². The van der Waals surface area contributed by atoms with E-state index in [1.807, 2.05) is 6.07 Å². The molecule has 4 bridgehead atoms. The molecular weight excluding hydrogens is 518 g/mol. The second-order valence-electron chi connectivity index (χ2n) is 11.0. The second kappa shape index (κ2) is 8.56. The third-order valence-corrected chi connectivity index (χ3v) is 9.60. The zero-order valence-electron chi connectivity index (χ0n) is 21.6. The summed E-state index contributed by atoms with van der Waals surface area (Å²) in [6.45, 7) is 1.37. The van der Waals surface area contributed by atoms with Crippen LogP contribution in [0.2, 0.25) is 0 Å². The monoisotopic (exact) mass is 545 g/mol. The molecule has 39 heavy (non-hydrogen) atoms. The number of nitrogens with zero attached hydrogens (tertiary/aromatic N) is 3. The summed E-state index contributed by atoms with van der Waals surface area (Å²) in [5, 5.41) is 16.2. The molecule has 8 rings (SSSR count). The van der Waals surface area contributed by atoms with Crippen LogP contribution < -0.4 is 25.0 Å². The molecule has 200 valence electrons. The summed E-state index contributed by atoms with van der Waals surface area (Å²) in [4.78, 5) is 34.3. The minimum Gasteiger partial charge on any atom is -0.497 e.